The minimum atomic E-state index is 0.348. The third kappa shape index (κ3) is 3.49. The normalized spacial score (nSPS) is 20.2. The molecule has 1 saturated carbocycles. The van der Waals surface area contributed by atoms with E-state index in [9.17, 15) is 5.11 Å². The van der Waals surface area contributed by atoms with Crippen molar-refractivity contribution in [2.45, 2.75) is 52.1 Å². The fourth-order valence-corrected chi connectivity index (χ4v) is 2.84. The lowest BCUT2D eigenvalue weighted by Crippen LogP contribution is -2.36. The van der Waals surface area contributed by atoms with Crippen LogP contribution in [-0.4, -0.2) is 23.1 Å². The van der Waals surface area contributed by atoms with Gasteiger partial charge in [0, 0.05) is 12.6 Å². The predicted molar refractivity (Wildman–Crippen MR) is 75.6 cm³/mol. The van der Waals surface area contributed by atoms with E-state index in [2.05, 4.69) is 25.8 Å². The highest BCUT2D eigenvalue weighted by Crippen LogP contribution is 2.36. The van der Waals surface area contributed by atoms with Crippen molar-refractivity contribution in [1.82, 2.24) is 4.90 Å². The van der Waals surface area contributed by atoms with E-state index in [-0.39, 0.29) is 0 Å². The van der Waals surface area contributed by atoms with Gasteiger partial charge in [-0.2, -0.15) is 0 Å². The third-order valence-corrected chi connectivity index (χ3v) is 4.30. The first-order chi connectivity index (χ1) is 8.46. The number of nitrogens with zero attached hydrogens (tertiary/aromatic N) is 1. The first kappa shape index (κ1) is 13.4. The minimum Gasteiger partial charge on any atom is -0.508 e. The van der Waals surface area contributed by atoms with Gasteiger partial charge in [0.05, 0.1) is 0 Å². The zero-order valence-corrected chi connectivity index (χ0v) is 11.8. The van der Waals surface area contributed by atoms with Crippen LogP contribution in [0.3, 0.4) is 0 Å². The maximum atomic E-state index is 9.28. The van der Waals surface area contributed by atoms with E-state index in [4.69, 9.17) is 0 Å². The molecule has 0 unspecified atom stereocenters. The van der Waals surface area contributed by atoms with E-state index >= 15 is 0 Å². The van der Waals surface area contributed by atoms with Gasteiger partial charge in [-0.15, -0.1) is 0 Å². The smallest absolute Gasteiger partial charge is 0.115 e. The quantitative estimate of drug-likeness (QED) is 0.878. The number of phenolic OH excluding ortho intramolecular Hbond substituents is 1. The van der Waals surface area contributed by atoms with Crippen LogP contribution in [0.4, 0.5) is 0 Å². The highest BCUT2D eigenvalue weighted by molar-refractivity contribution is 5.25. The van der Waals surface area contributed by atoms with Gasteiger partial charge in [-0.05, 0) is 55.8 Å². The van der Waals surface area contributed by atoms with Gasteiger partial charge in [0.15, 0.2) is 0 Å². The molecule has 0 aromatic heterocycles. The van der Waals surface area contributed by atoms with E-state index in [1.54, 1.807) is 12.1 Å². The zero-order chi connectivity index (χ0) is 13.2. The number of hydrogen-bond donors (Lipinski definition) is 1. The summed E-state index contributed by atoms with van der Waals surface area (Å²) in [4.78, 5) is 2.46. The van der Waals surface area contributed by atoms with Crippen LogP contribution < -0.4 is 0 Å². The third-order valence-electron chi connectivity index (χ3n) is 4.30. The Bertz CT molecular complexity index is 373. The maximum Gasteiger partial charge on any atom is 0.115 e. The van der Waals surface area contributed by atoms with Gasteiger partial charge in [-0.25, -0.2) is 0 Å². The largest absolute Gasteiger partial charge is 0.508 e. The van der Waals surface area contributed by atoms with Crippen LogP contribution in [0.1, 0.15) is 45.1 Å². The molecule has 0 amide bonds. The van der Waals surface area contributed by atoms with Crippen molar-refractivity contribution in [3.63, 3.8) is 0 Å². The molecule has 100 valence electrons. The lowest BCUT2D eigenvalue weighted by atomic mass is 9.75. The fourth-order valence-electron chi connectivity index (χ4n) is 2.84. The molecular formula is C16H25NO. The monoisotopic (exact) mass is 247 g/mol. The van der Waals surface area contributed by atoms with Crippen LogP contribution in [0, 0.1) is 5.41 Å². The molecule has 0 bridgehead atoms. The Labute approximate surface area is 111 Å². The number of aromatic hydroxyl groups is 1. The van der Waals surface area contributed by atoms with Gasteiger partial charge in [0.2, 0.25) is 0 Å². The molecule has 0 atom stereocenters. The van der Waals surface area contributed by atoms with Crippen molar-refractivity contribution < 1.29 is 5.11 Å². The Morgan fingerprint density at radius 2 is 1.72 bits per heavy atom. The summed E-state index contributed by atoms with van der Waals surface area (Å²) < 4.78 is 0. The molecule has 1 N–H and O–H groups in total. The molecule has 1 aromatic rings. The average molecular weight is 247 g/mol. The van der Waals surface area contributed by atoms with Gasteiger partial charge >= 0.3 is 0 Å². The molecule has 2 nitrogen and oxygen atoms in total. The summed E-state index contributed by atoms with van der Waals surface area (Å²) in [6, 6.07) is 8.28. The molecule has 0 saturated heterocycles. The first-order valence-corrected chi connectivity index (χ1v) is 6.94. The van der Waals surface area contributed by atoms with E-state index in [0.29, 0.717) is 17.2 Å². The second kappa shape index (κ2) is 5.31. The lowest BCUT2D eigenvalue weighted by molar-refractivity contribution is 0.123. The zero-order valence-electron chi connectivity index (χ0n) is 11.8. The van der Waals surface area contributed by atoms with E-state index in [1.807, 2.05) is 12.1 Å². The van der Waals surface area contributed by atoms with Crippen LogP contribution >= 0.6 is 0 Å². The standard InChI is InChI=1S/C16H25NO/c1-16(2)10-8-14(9-11-16)17(3)12-13-4-6-15(18)7-5-13/h4-7,14,18H,8-12H2,1-3H3. The topological polar surface area (TPSA) is 23.5 Å². The van der Waals surface area contributed by atoms with E-state index in [0.717, 1.165) is 6.54 Å². The molecule has 1 aliphatic carbocycles. The molecular weight excluding hydrogens is 222 g/mol. The molecule has 1 fully saturated rings. The highest BCUT2D eigenvalue weighted by Gasteiger charge is 2.28. The Morgan fingerprint density at radius 1 is 1.17 bits per heavy atom. The summed E-state index contributed by atoms with van der Waals surface area (Å²) in [5, 5.41) is 9.28. The average Bonchev–Trinajstić information content (AvgIpc) is 2.32. The lowest BCUT2D eigenvalue weighted by Gasteiger charge is -2.38. The Balaban J connectivity index is 1.89. The molecule has 1 aromatic carbocycles. The van der Waals surface area contributed by atoms with Crippen molar-refractivity contribution in [1.29, 1.82) is 0 Å². The van der Waals surface area contributed by atoms with Crippen LogP contribution in [0.5, 0.6) is 5.75 Å². The Hall–Kier alpha value is -1.02. The summed E-state index contributed by atoms with van der Waals surface area (Å²) in [6.45, 7) is 5.73. The summed E-state index contributed by atoms with van der Waals surface area (Å²) in [6.07, 6.45) is 5.28. The van der Waals surface area contributed by atoms with Gasteiger partial charge in [-0.3, -0.25) is 4.90 Å². The molecule has 0 spiro atoms. The first-order valence-electron chi connectivity index (χ1n) is 6.94. The van der Waals surface area contributed by atoms with Crippen molar-refractivity contribution in [2.75, 3.05) is 7.05 Å². The number of rotatable bonds is 3. The number of hydrogen-bond acceptors (Lipinski definition) is 2. The van der Waals surface area contributed by atoms with Crippen molar-refractivity contribution in [3.05, 3.63) is 29.8 Å². The van der Waals surface area contributed by atoms with Gasteiger partial charge < -0.3 is 5.11 Å². The van der Waals surface area contributed by atoms with Gasteiger partial charge in [0.1, 0.15) is 5.75 Å². The van der Waals surface area contributed by atoms with Crippen LogP contribution in [0.2, 0.25) is 0 Å². The summed E-state index contributed by atoms with van der Waals surface area (Å²) >= 11 is 0. The highest BCUT2D eigenvalue weighted by atomic mass is 16.3. The van der Waals surface area contributed by atoms with Crippen LogP contribution in [0.25, 0.3) is 0 Å². The molecule has 0 radical (unpaired) electrons. The van der Waals surface area contributed by atoms with E-state index < -0.39 is 0 Å². The van der Waals surface area contributed by atoms with Crippen LogP contribution in [0.15, 0.2) is 24.3 Å². The summed E-state index contributed by atoms with van der Waals surface area (Å²) in [5.41, 5.74) is 1.82. The molecule has 1 aliphatic rings. The second-order valence-electron chi connectivity index (χ2n) is 6.48. The van der Waals surface area contributed by atoms with Crippen molar-refractivity contribution >= 4 is 0 Å². The molecule has 18 heavy (non-hydrogen) atoms. The Morgan fingerprint density at radius 3 is 2.28 bits per heavy atom. The molecule has 0 heterocycles. The molecule has 2 heteroatoms. The van der Waals surface area contributed by atoms with Gasteiger partial charge in [-0.1, -0.05) is 26.0 Å². The van der Waals surface area contributed by atoms with Crippen molar-refractivity contribution in [2.24, 2.45) is 5.41 Å². The molecule has 2 rings (SSSR count). The Kier molecular flexibility index (Phi) is 3.96. The van der Waals surface area contributed by atoms with Gasteiger partial charge in [0.25, 0.3) is 0 Å². The number of benzene rings is 1. The molecule has 0 aliphatic heterocycles. The SMILES string of the molecule is CN(Cc1ccc(O)cc1)C1CCC(C)(C)CC1. The summed E-state index contributed by atoms with van der Waals surface area (Å²) in [7, 11) is 2.22. The van der Waals surface area contributed by atoms with E-state index in [1.165, 1.54) is 31.2 Å². The minimum absolute atomic E-state index is 0.348. The second-order valence-corrected chi connectivity index (χ2v) is 6.48. The van der Waals surface area contributed by atoms with Crippen LogP contribution in [-0.2, 0) is 6.54 Å². The predicted octanol–water partition coefficient (Wildman–Crippen LogP) is 3.79. The van der Waals surface area contributed by atoms with Crippen molar-refractivity contribution in [3.8, 4) is 5.75 Å². The maximum absolute atomic E-state index is 9.28. The fraction of sp³-hybridized carbons (Fsp3) is 0.625. The summed E-state index contributed by atoms with van der Waals surface area (Å²) in [5.74, 6) is 0.348. The number of phenols is 1.